The number of aryl methyl sites for hydroxylation is 2. The summed E-state index contributed by atoms with van der Waals surface area (Å²) in [6, 6.07) is 5.46. The van der Waals surface area contributed by atoms with Crippen LogP contribution < -0.4 is 5.73 Å². The maximum absolute atomic E-state index is 12.4. The Morgan fingerprint density at radius 2 is 1.94 bits per heavy atom. The van der Waals surface area contributed by atoms with Gasteiger partial charge >= 0.3 is 0 Å². The van der Waals surface area contributed by atoms with Gasteiger partial charge in [0.05, 0.1) is 4.90 Å². The van der Waals surface area contributed by atoms with Crippen molar-refractivity contribution >= 4 is 10.0 Å². The van der Waals surface area contributed by atoms with E-state index in [1.54, 1.807) is 13.1 Å². The molecule has 0 spiro atoms. The minimum Gasteiger partial charge on any atom is -0.328 e. The molecule has 102 valence electrons. The van der Waals surface area contributed by atoms with E-state index < -0.39 is 10.0 Å². The zero-order valence-electron chi connectivity index (χ0n) is 11.5. The predicted octanol–water partition coefficient (Wildman–Crippen LogP) is 1.66. The highest BCUT2D eigenvalue weighted by Gasteiger charge is 2.22. The van der Waals surface area contributed by atoms with Gasteiger partial charge < -0.3 is 5.73 Å². The van der Waals surface area contributed by atoms with E-state index >= 15 is 0 Å². The first-order valence-corrected chi connectivity index (χ1v) is 7.48. The molecule has 18 heavy (non-hydrogen) atoms. The molecule has 0 aliphatic carbocycles. The summed E-state index contributed by atoms with van der Waals surface area (Å²) in [6.45, 7) is 6.01. The number of nitrogens with two attached hydrogens (primary N) is 1. The van der Waals surface area contributed by atoms with Crippen molar-refractivity contribution < 1.29 is 8.42 Å². The van der Waals surface area contributed by atoms with Crippen molar-refractivity contribution in [1.82, 2.24) is 4.31 Å². The van der Waals surface area contributed by atoms with Gasteiger partial charge in [0.2, 0.25) is 10.0 Å². The monoisotopic (exact) mass is 270 g/mol. The van der Waals surface area contributed by atoms with Crippen molar-refractivity contribution in [3.8, 4) is 0 Å². The lowest BCUT2D eigenvalue weighted by Crippen LogP contribution is -2.31. The average molecular weight is 270 g/mol. The number of hydrogen-bond donors (Lipinski definition) is 1. The summed E-state index contributed by atoms with van der Waals surface area (Å²) in [5.74, 6) is 0. The zero-order valence-corrected chi connectivity index (χ0v) is 12.3. The van der Waals surface area contributed by atoms with Gasteiger partial charge in [-0.05, 0) is 44.4 Å². The summed E-state index contributed by atoms with van der Waals surface area (Å²) < 4.78 is 26.2. The van der Waals surface area contributed by atoms with Gasteiger partial charge in [0.15, 0.2) is 0 Å². The van der Waals surface area contributed by atoms with Gasteiger partial charge in [0.25, 0.3) is 0 Å². The molecule has 0 aliphatic heterocycles. The molecule has 0 aliphatic rings. The van der Waals surface area contributed by atoms with Crippen molar-refractivity contribution in [2.75, 3.05) is 13.6 Å². The Hall–Kier alpha value is -0.910. The lowest BCUT2D eigenvalue weighted by molar-refractivity contribution is 0.446. The standard InChI is InChI=1S/C13H22N2O2S/c1-10-5-6-11(2)13(9-10)18(16,17)15(4)8-7-12(3)14/h5-6,9,12H,7-8,14H2,1-4H3. The summed E-state index contributed by atoms with van der Waals surface area (Å²) >= 11 is 0. The summed E-state index contributed by atoms with van der Waals surface area (Å²) in [6.07, 6.45) is 0.653. The molecular weight excluding hydrogens is 248 g/mol. The first-order valence-electron chi connectivity index (χ1n) is 6.04. The third-order valence-electron chi connectivity index (χ3n) is 2.93. The van der Waals surface area contributed by atoms with Gasteiger partial charge in [-0.15, -0.1) is 0 Å². The van der Waals surface area contributed by atoms with Crippen molar-refractivity contribution in [3.05, 3.63) is 29.3 Å². The first kappa shape index (κ1) is 15.1. The fraction of sp³-hybridized carbons (Fsp3) is 0.538. The third kappa shape index (κ3) is 3.54. The molecule has 0 saturated carbocycles. The van der Waals surface area contributed by atoms with Crippen molar-refractivity contribution in [2.45, 2.75) is 38.1 Å². The molecule has 0 aromatic heterocycles. The zero-order chi connectivity index (χ0) is 13.9. The minimum absolute atomic E-state index is 0.00116. The van der Waals surface area contributed by atoms with Crippen LogP contribution in [0.15, 0.2) is 23.1 Å². The van der Waals surface area contributed by atoms with Gasteiger partial charge in [-0.2, -0.15) is 0 Å². The van der Waals surface area contributed by atoms with Gasteiger partial charge in [-0.1, -0.05) is 12.1 Å². The SMILES string of the molecule is Cc1ccc(C)c(S(=O)(=O)N(C)CCC(C)N)c1. The molecule has 1 atom stereocenters. The molecule has 0 fully saturated rings. The molecule has 1 unspecified atom stereocenters. The highest BCUT2D eigenvalue weighted by atomic mass is 32.2. The fourth-order valence-corrected chi connectivity index (χ4v) is 3.15. The second kappa shape index (κ2) is 5.82. The number of sulfonamides is 1. The Morgan fingerprint density at radius 3 is 2.50 bits per heavy atom. The van der Waals surface area contributed by atoms with Crippen LogP contribution in [-0.4, -0.2) is 32.4 Å². The van der Waals surface area contributed by atoms with Crippen molar-refractivity contribution in [3.63, 3.8) is 0 Å². The van der Waals surface area contributed by atoms with Crippen LogP contribution in [0.2, 0.25) is 0 Å². The van der Waals surface area contributed by atoms with Crippen LogP contribution in [0.3, 0.4) is 0 Å². The smallest absolute Gasteiger partial charge is 0.243 e. The van der Waals surface area contributed by atoms with E-state index in [1.807, 2.05) is 32.9 Å². The number of nitrogens with zero attached hydrogens (tertiary/aromatic N) is 1. The molecule has 0 radical (unpaired) electrons. The number of benzene rings is 1. The molecule has 1 aromatic rings. The summed E-state index contributed by atoms with van der Waals surface area (Å²) in [5.41, 5.74) is 7.37. The molecule has 5 heteroatoms. The second-order valence-electron chi connectivity index (χ2n) is 4.86. The summed E-state index contributed by atoms with van der Waals surface area (Å²) in [5, 5.41) is 0. The largest absolute Gasteiger partial charge is 0.328 e. The maximum Gasteiger partial charge on any atom is 0.243 e. The number of hydrogen-bond acceptors (Lipinski definition) is 3. The van der Waals surface area contributed by atoms with Gasteiger partial charge in [0.1, 0.15) is 0 Å². The summed E-state index contributed by atoms with van der Waals surface area (Å²) in [7, 11) is -1.81. The molecule has 1 rings (SSSR count). The quantitative estimate of drug-likeness (QED) is 0.885. The van der Waals surface area contributed by atoms with E-state index in [9.17, 15) is 8.42 Å². The molecule has 2 N–H and O–H groups in total. The Bertz CT molecular complexity index is 510. The van der Waals surface area contributed by atoms with E-state index in [0.29, 0.717) is 17.9 Å². The van der Waals surface area contributed by atoms with Crippen molar-refractivity contribution in [1.29, 1.82) is 0 Å². The second-order valence-corrected chi connectivity index (χ2v) is 6.87. The van der Waals surface area contributed by atoms with Crippen LogP contribution in [0.1, 0.15) is 24.5 Å². The molecule has 0 amide bonds. The van der Waals surface area contributed by atoms with E-state index in [4.69, 9.17) is 5.73 Å². The molecule has 0 saturated heterocycles. The first-order chi connectivity index (χ1) is 8.25. The lowest BCUT2D eigenvalue weighted by atomic mass is 10.2. The molecule has 0 heterocycles. The Kier molecular flexibility index (Phi) is 4.90. The van der Waals surface area contributed by atoms with E-state index in [0.717, 1.165) is 11.1 Å². The Balaban J connectivity index is 3.02. The molecular formula is C13H22N2O2S. The normalized spacial score (nSPS) is 13.9. The maximum atomic E-state index is 12.4. The Morgan fingerprint density at radius 1 is 1.33 bits per heavy atom. The lowest BCUT2D eigenvalue weighted by Gasteiger charge is -2.19. The molecule has 1 aromatic carbocycles. The van der Waals surface area contributed by atoms with Gasteiger partial charge in [-0.25, -0.2) is 12.7 Å². The highest BCUT2D eigenvalue weighted by Crippen LogP contribution is 2.20. The Labute approximate surface area is 110 Å². The van der Waals surface area contributed by atoms with Gasteiger partial charge in [-0.3, -0.25) is 0 Å². The number of rotatable bonds is 5. The molecule has 0 bridgehead atoms. The predicted molar refractivity (Wildman–Crippen MR) is 74.0 cm³/mol. The molecule has 4 nitrogen and oxygen atoms in total. The van der Waals surface area contributed by atoms with E-state index in [2.05, 4.69) is 0 Å². The van der Waals surface area contributed by atoms with Gasteiger partial charge in [0, 0.05) is 19.6 Å². The topological polar surface area (TPSA) is 63.4 Å². The third-order valence-corrected chi connectivity index (χ3v) is 4.93. The highest BCUT2D eigenvalue weighted by molar-refractivity contribution is 7.89. The minimum atomic E-state index is -3.41. The van der Waals surface area contributed by atoms with Crippen LogP contribution in [0.5, 0.6) is 0 Å². The van der Waals surface area contributed by atoms with E-state index in [1.165, 1.54) is 4.31 Å². The van der Waals surface area contributed by atoms with Crippen LogP contribution >= 0.6 is 0 Å². The van der Waals surface area contributed by atoms with Crippen LogP contribution in [-0.2, 0) is 10.0 Å². The fourth-order valence-electron chi connectivity index (χ4n) is 1.66. The van der Waals surface area contributed by atoms with E-state index in [-0.39, 0.29) is 6.04 Å². The average Bonchev–Trinajstić information content (AvgIpc) is 2.28. The summed E-state index contributed by atoms with van der Waals surface area (Å²) in [4.78, 5) is 0.384. The van der Waals surface area contributed by atoms with Crippen LogP contribution in [0, 0.1) is 13.8 Å². The van der Waals surface area contributed by atoms with Crippen LogP contribution in [0.25, 0.3) is 0 Å². The van der Waals surface area contributed by atoms with Crippen molar-refractivity contribution in [2.24, 2.45) is 5.73 Å². The van der Waals surface area contributed by atoms with Crippen LogP contribution in [0.4, 0.5) is 0 Å².